The van der Waals surface area contributed by atoms with Crippen molar-refractivity contribution in [1.82, 2.24) is 0 Å². The van der Waals surface area contributed by atoms with E-state index in [0.29, 0.717) is 13.0 Å². The van der Waals surface area contributed by atoms with Crippen LogP contribution in [0, 0.1) is 0 Å². The van der Waals surface area contributed by atoms with Crippen LogP contribution >= 0.6 is 0 Å². The quantitative estimate of drug-likeness (QED) is 0.0197. The average Bonchev–Trinajstić information content (AvgIpc) is 3.26. The van der Waals surface area contributed by atoms with E-state index in [-0.39, 0.29) is 19.6 Å². The lowest BCUT2D eigenvalue weighted by Crippen LogP contribution is -2.60. The highest BCUT2D eigenvalue weighted by Crippen LogP contribution is 2.26. The van der Waals surface area contributed by atoms with E-state index in [0.717, 1.165) is 57.8 Å². The van der Waals surface area contributed by atoms with Gasteiger partial charge in [-0.25, -0.2) is 4.18 Å². The molecule has 6 atom stereocenters. The minimum absolute atomic E-state index is 0.0388. The highest BCUT2D eigenvalue weighted by Gasteiger charge is 2.48. The first-order chi connectivity index (χ1) is 30.6. The van der Waals surface area contributed by atoms with Gasteiger partial charge in [-0.15, -0.1) is 0 Å². The van der Waals surface area contributed by atoms with Gasteiger partial charge in [0.25, 0.3) is 0 Å². The van der Waals surface area contributed by atoms with Gasteiger partial charge in [0.05, 0.1) is 19.8 Å². The molecule has 1 aliphatic rings. The van der Waals surface area contributed by atoms with E-state index < -0.39 is 59.8 Å². The zero-order valence-corrected chi connectivity index (χ0v) is 41.0. The van der Waals surface area contributed by atoms with Crippen molar-refractivity contribution in [3.8, 4) is 0 Å². The number of rotatable bonds is 46. The Hall–Kier alpha value is -1.16. The molecule has 0 bridgehead atoms. The van der Waals surface area contributed by atoms with Gasteiger partial charge in [0.15, 0.2) is 6.29 Å². The lowest BCUT2D eigenvalue weighted by Gasteiger charge is -2.41. The van der Waals surface area contributed by atoms with Crippen molar-refractivity contribution in [3.63, 3.8) is 0 Å². The first kappa shape index (κ1) is 59.9. The Morgan fingerprint density at radius 2 is 1.00 bits per heavy atom. The minimum Gasteiger partial charge on any atom is -0.457 e. The molecule has 0 aliphatic carbocycles. The van der Waals surface area contributed by atoms with Gasteiger partial charge in [-0.1, -0.05) is 206 Å². The molecule has 0 aromatic carbocycles. The van der Waals surface area contributed by atoms with Crippen molar-refractivity contribution in [2.45, 2.75) is 275 Å². The van der Waals surface area contributed by atoms with E-state index in [1.165, 1.54) is 154 Å². The molecule has 1 rings (SSSR count). The van der Waals surface area contributed by atoms with E-state index >= 15 is 0 Å². The van der Waals surface area contributed by atoms with Gasteiger partial charge in [0.2, 0.25) is 0 Å². The summed E-state index contributed by atoms with van der Waals surface area (Å²) in [5.74, 6) is -0.403. The van der Waals surface area contributed by atoms with E-state index in [2.05, 4.69) is 30.2 Å². The van der Waals surface area contributed by atoms with Gasteiger partial charge < -0.3 is 34.3 Å². The first-order valence-electron chi connectivity index (χ1n) is 25.9. The summed E-state index contributed by atoms with van der Waals surface area (Å²) < 4.78 is 59.2. The Kier molecular flexibility index (Phi) is 40.1. The number of carbonyl (C=O) groups is 1. The van der Waals surface area contributed by atoms with Gasteiger partial charge in [0.1, 0.15) is 30.5 Å². The number of ether oxygens (including phenoxy) is 4. The largest absolute Gasteiger partial charge is 0.457 e. The zero-order valence-electron chi connectivity index (χ0n) is 40.2. The fourth-order valence-electron chi connectivity index (χ4n) is 8.20. The summed E-state index contributed by atoms with van der Waals surface area (Å²) in [5, 5.41) is 30.7. The van der Waals surface area contributed by atoms with Gasteiger partial charge >= 0.3 is 16.4 Å². The molecule has 0 aromatic heterocycles. The molecular weight excluding hydrogens is 825 g/mol. The van der Waals surface area contributed by atoms with Crippen LogP contribution < -0.4 is 0 Å². The molecule has 4 N–H and O–H groups in total. The fourth-order valence-corrected chi connectivity index (χ4v) is 8.71. The monoisotopic (exact) mass is 921 g/mol. The van der Waals surface area contributed by atoms with Crippen molar-refractivity contribution >= 4 is 16.4 Å². The summed E-state index contributed by atoms with van der Waals surface area (Å²) in [6, 6.07) is 0. The molecule has 12 nitrogen and oxygen atoms in total. The molecule has 0 amide bonds. The van der Waals surface area contributed by atoms with E-state index in [9.17, 15) is 33.1 Å². The molecule has 63 heavy (non-hydrogen) atoms. The van der Waals surface area contributed by atoms with Crippen molar-refractivity contribution in [3.05, 3.63) is 12.2 Å². The van der Waals surface area contributed by atoms with Crippen molar-refractivity contribution < 1.29 is 56.2 Å². The number of allylic oxidation sites excluding steroid dienone is 2. The average molecular weight is 921 g/mol. The molecule has 374 valence electrons. The predicted molar refractivity (Wildman–Crippen MR) is 253 cm³/mol. The molecule has 0 spiro atoms. The molecule has 0 radical (unpaired) electrons. The van der Waals surface area contributed by atoms with Crippen LogP contribution in [-0.4, -0.2) is 97.5 Å². The highest BCUT2D eigenvalue weighted by atomic mass is 32.3. The maximum absolute atomic E-state index is 12.9. The van der Waals surface area contributed by atoms with Gasteiger partial charge in [-0.2, -0.15) is 8.42 Å². The third kappa shape index (κ3) is 35.7. The second-order valence-corrected chi connectivity index (χ2v) is 19.2. The van der Waals surface area contributed by atoms with Crippen LogP contribution in [0.5, 0.6) is 0 Å². The van der Waals surface area contributed by atoms with Gasteiger partial charge in [-0.05, 0) is 38.5 Å². The van der Waals surface area contributed by atoms with Gasteiger partial charge in [0, 0.05) is 13.0 Å². The summed E-state index contributed by atoms with van der Waals surface area (Å²) in [7, 11) is -5.06. The Bertz CT molecular complexity index is 1150. The van der Waals surface area contributed by atoms with E-state index in [4.69, 9.17) is 18.9 Å². The molecule has 1 saturated heterocycles. The van der Waals surface area contributed by atoms with Crippen LogP contribution in [0.15, 0.2) is 12.2 Å². The van der Waals surface area contributed by atoms with Gasteiger partial charge in [-0.3, -0.25) is 9.35 Å². The first-order valence-corrected chi connectivity index (χ1v) is 27.3. The van der Waals surface area contributed by atoms with E-state index in [1.54, 1.807) is 0 Å². The Labute approximate surface area is 385 Å². The normalized spacial score (nSPS) is 19.9. The molecular formula is C50H96O12S. The third-order valence-corrected chi connectivity index (χ3v) is 12.6. The molecule has 0 saturated carbocycles. The Balaban J connectivity index is 2.33. The van der Waals surface area contributed by atoms with Crippen LogP contribution in [0.25, 0.3) is 0 Å². The zero-order chi connectivity index (χ0) is 46.1. The standard InChI is InChI=1S/C50H96O12S/c1-3-5-7-9-11-13-15-17-19-20-21-22-23-24-26-28-30-32-34-36-38-40-58-42-44(43-59-50-48(54)49(62-63(55,56)57)47(53)45(41-51)61-50)60-46(52)39-37-35-33-31-29-27-25-18-16-14-12-10-8-6-4-2/h18,25,44-45,47-51,53-54H,3-17,19-24,26-43H2,1-2H3,(H,55,56,57)/b25-18-. The molecule has 0 aromatic rings. The SMILES string of the molecule is CCCCCCCC/C=C\CCCCCCCC(=O)OC(COCCCCCCCCCCCCCCCCCCCCCCC)COC1OC(CO)C(O)C(OS(=O)(=O)O)C1O. The summed E-state index contributed by atoms with van der Waals surface area (Å²) in [6.07, 6.45) is 38.2. The lowest BCUT2D eigenvalue weighted by atomic mass is 9.99. The van der Waals surface area contributed by atoms with Crippen LogP contribution in [0.1, 0.15) is 239 Å². The number of hydrogen-bond donors (Lipinski definition) is 4. The fraction of sp³-hybridized carbons (Fsp3) is 0.940. The summed E-state index contributed by atoms with van der Waals surface area (Å²) in [6.45, 7) is 4.02. The number of aliphatic hydroxyl groups excluding tert-OH is 3. The summed E-state index contributed by atoms with van der Waals surface area (Å²) in [5.41, 5.74) is 0. The number of hydrogen-bond acceptors (Lipinski definition) is 11. The summed E-state index contributed by atoms with van der Waals surface area (Å²) in [4.78, 5) is 12.9. The summed E-state index contributed by atoms with van der Waals surface area (Å²) >= 11 is 0. The van der Waals surface area contributed by atoms with Crippen molar-refractivity contribution in [2.75, 3.05) is 26.4 Å². The topological polar surface area (TPSA) is 178 Å². The second-order valence-electron chi connectivity index (χ2n) is 18.1. The van der Waals surface area contributed by atoms with Crippen molar-refractivity contribution in [2.24, 2.45) is 0 Å². The Morgan fingerprint density at radius 3 is 1.43 bits per heavy atom. The highest BCUT2D eigenvalue weighted by molar-refractivity contribution is 7.80. The Morgan fingerprint density at radius 1 is 0.587 bits per heavy atom. The number of aliphatic hydroxyl groups is 3. The van der Waals surface area contributed by atoms with E-state index in [1.807, 2.05) is 0 Å². The van der Waals surface area contributed by atoms with Crippen LogP contribution in [0.4, 0.5) is 0 Å². The number of unbranched alkanes of at least 4 members (excludes halogenated alkanes) is 31. The molecule has 13 heteroatoms. The number of carbonyl (C=O) groups excluding carboxylic acids is 1. The minimum atomic E-state index is -5.06. The number of esters is 1. The van der Waals surface area contributed by atoms with Crippen LogP contribution in [0.3, 0.4) is 0 Å². The molecule has 1 aliphatic heterocycles. The smallest absolute Gasteiger partial charge is 0.397 e. The third-order valence-electron chi connectivity index (χ3n) is 12.1. The predicted octanol–water partition coefficient (Wildman–Crippen LogP) is 11.8. The maximum atomic E-state index is 12.9. The lowest BCUT2D eigenvalue weighted by molar-refractivity contribution is -0.301. The van der Waals surface area contributed by atoms with Crippen LogP contribution in [-0.2, 0) is 38.3 Å². The van der Waals surface area contributed by atoms with Crippen molar-refractivity contribution in [1.29, 1.82) is 0 Å². The molecule has 1 heterocycles. The molecule has 6 unspecified atom stereocenters. The molecule has 1 fully saturated rings. The maximum Gasteiger partial charge on any atom is 0.397 e. The second kappa shape index (κ2) is 42.2. The van der Waals surface area contributed by atoms with Crippen LogP contribution in [0.2, 0.25) is 0 Å².